The molecular weight excluding hydrogens is 170 g/mol. The molecule has 0 atom stereocenters. The number of aromatic nitrogens is 1. The summed E-state index contributed by atoms with van der Waals surface area (Å²) in [7, 11) is 0. The van der Waals surface area contributed by atoms with Gasteiger partial charge in [0.05, 0.1) is 0 Å². The molecule has 14 heavy (non-hydrogen) atoms. The summed E-state index contributed by atoms with van der Waals surface area (Å²) in [6.45, 7) is 13.6. The van der Waals surface area contributed by atoms with Crippen LogP contribution in [0.1, 0.15) is 45.5 Å². The van der Waals surface area contributed by atoms with Gasteiger partial charge in [0.1, 0.15) is 0 Å². The highest BCUT2D eigenvalue weighted by Crippen LogP contribution is 2.28. The van der Waals surface area contributed by atoms with Crippen LogP contribution in [0, 0.1) is 19.8 Å². The summed E-state index contributed by atoms with van der Waals surface area (Å²) in [5.74, 6) is 0.742. The lowest BCUT2D eigenvalue weighted by Crippen LogP contribution is -2.29. The van der Waals surface area contributed by atoms with Crippen LogP contribution in [0.15, 0.2) is 12.1 Å². The van der Waals surface area contributed by atoms with Gasteiger partial charge in [-0.3, -0.25) is 0 Å². The van der Waals surface area contributed by atoms with Gasteiger partial charge < -0.3 is 4.57 Å². The minimum absolute atomic E-state index is 0.242. The molecule has 0 aliphatic carbocycles. The summed E-state index contributed by atoms with van der Waals surface area (Å²) >= 11 is 0. The summed E-state index contributed by atoms with van der Waals surface area (Å²) in [6.07, 6.45) is 1.23. The first-order valence-electron chi connectivity index (χ1n) is 5.50. The Morgan fingerprint density at radius 2 is 1.57 bits per heavy atom. The van der Waals surface area contributed by atoms with Crippen molar-refractivity contribution in [1.82, 2.24) is 4.57 Å². The van der Waals surface area contributed by atoms with E-state index in [0.29, 0.717) is 0 Å². The van der Waals surface area contributed by atoms with Crippen molar-refractivity contribution in [2.45, 2.75) is 53.5 Å². The molecule has 80 valence electrons. The third-order valence-electron chi connectivity index (χ3n) is 2.78. The average Bonchev–Trinajstić information content (AvgIpc) is 2.27. The SMILES string of the molecule is Cc1ccc(C)n1C(C)(C)CC(C)C. The van der Waals surface area contributed by atoms with E-state index in [-0.39, 0.29) is 5.54 Å². The van der Waals surface area contributed by atoms with Crippen LogP contribution in [0.2, 0.25) is 0 Å². The van der Waals surface area contributed by atoms with Gasteiger partial charge in [0.25, 0.3) is 0 Å². The molecule has 0 fully saturated rings. The van der Waals surface area contributed by atoms with Gasteiger partial charge in [-0.1, -0.05) is 13.8 Å². The summed E-state index contributed by atoms with van der Waals surface area (Å²) in [4.78, 5) is 0. The third kappa shape index (κ3) is 2.20. The van der Waals surface area contributed by atoms with E-state index in [0.717, 1.165) is 5.92 Å². The van der Waals surface area contributed by atoms with Gasteiger partial charge in [0.2, 0.25) is 0 Å². The van der Waals surface area contributed by atoms with Gasteiger partial charge in [-0.05, 0) is 52.2 Å². The van der Waals surface area contributed by atoms with Gasteiger partial charge >= 0.3 is 0 Å². The van der Waals surface area contributed by atoms with Crippen molar-refractivity contribution in [3.8, 4) is 0 Å². The van der Waals surface area contributed by atoms with Gasteiger partial charge in [0.15, 0.2) is 0 Å². The number of nitrogens with zero attached hydrogens (tertiary/aromatic N) is 1. The van der Waals surface area contributed by atoms with Crippen molar-refractivity contribution in [1.29, 1.82) is 0 Å². The second-order valence-corrected chi connectivity index (χ2v) is 5.36. The van der Waals surface area contributed by atoms with Crippen molar-refractivity contribution in [2.75, 3.05) is 0 Å². The first-order chi connectivity index (χ1) is 6.34. The lowest BCUT2D eigenvalue weighted by atomic mass is 9.92. The maximum Gasteiger partial charge on any atom is 0.0391 e. The minimum Gasteiger partial charge on any atom is -0.344 e. The first kappa shape index (κ1) is 11.4. The molecule has 1 aromatic heterocycles. The molecule has 1 rings (SSSR count). The Bertz CT molecular complexity index is 286. The summed E-state index contributed by atoms with van der Waals surface area (Å²) < 4.78 is 2.45. The van der Waals surface area contributed by atoms with E-state index in [1.165, 1.54) is 17.8 Å². The molecule has 0 radical (unpaired) electrons. The molecule has 0 unspecified atom stereocenters. The monoisotopic (exact) mass is 193 g/mol. The van der Waals surface area contributed by atoms with E-state index in [1.54, 1.807) is 0 Å². The molecule has 0 saturated carbocycles. The van der Waals surface area contributed by atoms with Gasteiger partial charge in [-0.2, -0.15) is 0 Å². The van der Waals surface area contributed by atoms with Crippen LogP contribution in [0.25, 0.3) is 0 Å². The number of rotatable bonds is 3. The maximum atomic E-state index is 2.45. The van der Waals surface area contributed by atoms with Gasteiger partial charge in [-0.25, -0.2) is 0 Å². The van der Waals surface area contributed by atoms with Crippen LogP contribution in [0.4, 0.5) is 0 Å². The maximum absolute atomic E-state index is 2.45. The van der Waals surface area contributed by atoms with E-state index < -0.39 is 0 Å². The number of hydrogen-bond acceptors (Lipinski definition) is 0. The lowest BCUT2D eigenvalue weighted by Gasteiger charge is -2.32. The van der Waals surface area contributed by atoms with E-state index in [9.17, 15) is 0 Å². The molecule has 0 amide bonds. The largest absolute Gasteiger partial charge is 0.344 e. The Morgan fingerprint density at radius 3 is 1.93 bits per heavy atom. The highest BCUT2D eigenvalue weighted by Gasteiger charge is 2.23. The molecule has 1 heteroatoms. The summed E-state index contributed by atoms with van der Waals surface area (Å²) in [5, 5.41) is 0. The zero-order chi connectivity index (χ0) is 10.9. The predicted octanol–water partition coefficient (Wildman–Crippen LogP) is 3.89. The Hall–Kier alpha value is -0.720. The third-order valence-corrected chi connectivity index (χ3v) is 2.78. The topological polar surface area (TPSA) is 4.93 Å². The van der Waals surface area contributed by atoms with Crippen molar-refractivity contribution >= 4 is 0 Å². The quantitative estimate of drug-likeness (QED) is 0.686. The van der Waals surface area contributed by atoms with Crippen LogP contribution in [-0.4, -0.2) is 4.57 Å². The zero-order valence-electron chi connectivity index (χ0n) is 10.4. The van der Waals surface area contributed by atoms with Gasteiger partial charge in [-0.15, -0.1) is 0 Å². The fourth-order valence-corrected chi connectivity index (χ4v) is 2.71. The van der Waals surface area contributed by atoms with Crippen molar-refractivity contribution < 1.29 is 0 Å². The second kappa shape index (κ2) is 3.80. The Balaban J connectivity index is 3.02. The Kier molecular flexibility index (Phi) is 3.08. The Labute approximate surface area is 88.1 Å². The fourth-order valence-electron chi connectivity index (χ4n) is 2.71. The molecule has 0 aromatic carbocycles. The lowest BCUT2D eigenvalue weighted by molar-refractivity contribution is 0.277. The smallest absolute Gasteiger partial charge is 0.0391 e. The summed E-state index contributed by atoms with van der Waals surface area (Å²) in [5.41, 5.74) is 2.98. The van der Waals surface area contributed by atoms with Crippen LogP contribution < -0.4 is 0 Å². The van der Waals surface area contributed by atoms with E-state index in [1.807, 2.05) is 0 Å². The molecular formula is C13H23N. The fraction of sp³-hybridized carbons (Fsp3) is 0.692. The molecule has 0 N–H and O–H groups in total. The highest BCUT2D eigenvalue weighted by atomic mass is 15.1. The standard InChI is InChI=1S/C13H23N/c1-10(2)9-13(5,6)14-11(3)7-8-12(14)4/h7-8,10H,9H2,1-6H3. The molecule has 1 heterocycles. The molecule has 1 nitrogen and oxygen atoms in total. The van der Waals surface area contributed by atoms with Gasteiger partial charge in [0, 0.05) is 16.9 Å². The molecule has 1 aromatic rings. The van der Waals surface area contributed by atoms with Crippen molar-refractivity contribution in [3.05, 3.63) is 23.5 Å². The van der Waals surface area contributed by atoms with Crippen LogP contribution in [-0.2, 0) is 5.54 Å². The highest BCUT2D eigenvalue weighted by molar-refractivity contribution is 5.16. The first-order valence-corrected chi connectivity index (χ1v) is 5.50. The average molecular weight is 193 g/mol. The number of aryl methyl sites for hydroxylation is 2. The molecule has 0 spiro atoms. The predicted molar refractivity (Wildman–Crippen MR) is 62.7 cm³/mol. The molecule has 0 saturated heterocycles. The van der Waals surface area contributed by atoms with E-state index >= 15 is 0 Å². The molecule has 0 aliphatic rings. The second-order valence-electron chi connectivity index (χ2n) is 5.36. The van der Waals surface area contributed by atoms with Crippen molar-refractivity contribution in [3.63, 3.8) is 0 Å². The van der Waals surface area contributed by atoms with Crippen LogP contribution in [0.5, 0.6) is 0 Å². The summed E-state index contributed by atoms with van der Waals surface area (Å²) in [6, 6.07) is 4.41. The Morgan fingerprint density at radius 1 is 1.14 bits per heavy atom. The normalized spacial score (nSPS) is 12.5. The van der Waals surface area contributed by atoms with E-state index in [2.05, 4.69) is 58.2 Å². The number of hydrogen-bond donors (Lipinski definition) is 0. The van der Waals surface area contributed by atoms with Crippen molar-refractivity contribution in [2.24, 2.45) is 5.92 Å². The molecule has 0 aliphatic heterocycles. The van der Waals surface area contributed by atoms with Crippen LogP contribution in [0.3, 0.4) is 0 Å². The molecule has 0 bridgehead atoms. The van der Waals surface area contributed by atoms with E-state index in [4.69, 9.17) is 0 Å². The van der Waals surface area contributed by atoms with Crippen LogP contribution >= 0.6 is 0 Å². The minimum atomic E-state index is 0.242. The zero-order valence-corrected chi connectivity index (χ0v) is 10.4.